The number of likely N-dealkylation sites (tertiary alicyclic amines) is 1. The second-order valence-corrected chi connectivity index (χ2v) is 4.67. The average Bonchev–Trinajstić information content (AvgIpc) is 2.34. The topological polar surface area (TPSA) is 46.3 Å². The predicted molar refractivity (Wildman–Crippen MR) is 71.1 cm³/mol. The Labute approximate surface area is 117 Å². The Morgan fingerprint density at radius 1 is 1.37 bits per heavy atom. The molecule has 1 amide bonds. The number of nitrogens with zero attached hydrogens (tertiary/aromatic N) is 1. The maximum absolute atomic E-state index is 13.0. The van der Waals surface area contributed by atoms with Gasteiger partial charge in [0.25, 0.3) is 0 Å². The number of hydrogen-bond donors (Lipinski definition) is 1. The van der Waals surface area contributed by atoms with Crippen LogP contribution < -0.4 is 5.73 Å². The zero-order valence-electron chi connectivity index (χ0n) is 10.4. The van der Waals surface area contributed by atoms with Gasteiger partial charge in [-0.25, -0.2) is 8.78 Å². The van der Waals surface area contributed by atoms with E-state index in [4.69, 9.17) is 5.73 Å². The van der Waals surface area contributed by atoms with Crippen molar-refractivity contribution >= 4 is 18.3 Å². The molecule has 1 fully saturated rings. The van der Waals surface area contributed by atoms with Crippen molar-refractivity contribution in [2.24, 2.45) is 5.73 Å². The van der Waals surface area contributed by atoms with Crippen molar-refractivity contribution < 1.29 is 13.6 Å². The summed E-state index contributed by atoms with van der Waals surface area (Å²) in [5.41, 5.74) is 6.28. The van der Waals surface area contributed by atoms with E-state index in [0.717, 1.165) is 25.0 Å². The number of halogens is 3. The van der Waals surface area contributed by atoms with Crippen LogP contribution in [0.2, 0.25) is 0 Å². The number of benzene rings is 1. The first-order valence-electron chi connectivity index (χ1n) is 6.03. The van der Waals surface area contributed by atoms with E-state index in [1.807, 2.05) is 0 Å². The minimum atomic E-state index is -0.921. The lowest BCUT2D eigenvalue weighted by Gasteiger charge is -2.30. The van der Waals surface area contributed by atoms with Gasteiger partial charge in [-0.15, -0.1) is 12.4 Å². The van der Waals surface area contributed by atoms with Crippen LogP contribution in [0.3, 0.4) is 0 Å². The Balaban J connectivity index is 0.00000180. The van der Waals surface area contributed by atoms with E-state index < -0.39 is 11.6 Å². The molecule has 1 unspecified atom stereocenters. The molecule has 3 nitrogen and oxygen atoms in total. The lowest BCUT2D eigenvalue weighted by atomic mass is 10.0. The summed E-state index contributed by atoms with van der Waals surface area (Å²) in [4.78, 5) is 13.7. The van der Waals surface area contributed by atoms with E-state index >= 15 is 0 Å². The van der Waals surface area contributed by atoms with Gasteiger partial charge >= 0.3 is 0 Å². The predicted octanol–water partition coefficient (Wildman–Crippen LogP) is 1.88. The number of nitrogens with two attached hydrogens (primary N) is 1. The average molecular weight is 291 g/mol. The molecule has 106 valence electrons. The molecule has 0 saturated carbocycles. The fraction of sp³-hybridized carbons (Fsp3) is 0.462. The van der Waals surface area contributed by atoms with Crippen molar-refractivity contribution in [3.8, 4) is 0 Å². The summed E-state index contributed by atoms with van der Waals surface area (Å²) in [5.74, 6) is -1.90. The van der Waals surface area contributed by atoms with E-state index in [-0.39, 0.29) is 30.8 Å². The Morgan fingerprint density at radius 2 is 2.11 bits per heavy atom. The summed E-state index contributed by atoms with van der Waals surface area (Å²) in [6, 6.07) is 3.56. The van der Waals surface area contributed by atoms with Gasteiger partial charge < -0.3 is 10.6 Å². The highest BCUT2D eigenvalue weighted by Gasteiger charge is 2.21. The summed E-state index contributed by atoms with van der Waals surface area (Å²) >= 11 is 0. The second kappa shape index (κ2) is 6.82. The molecule has 1 aliphatic rings. The molecule has 6 heteroatoms. The van der Waals surface area contributed by atoms with Crippen LogP contribution >= 0.6 is 12.4 Å². The molecule has 1 aromatic carbocycles. The summed E-state index contributed by atoms with van der Waals surface area (Å²) in [6.07, 6.45) is 1.91. The van der Waals surface area contributed by atoms with Gasteiger partial charge in [0.1, 0.15) is 0 Å². The minimum Gasteiger partial charge on any atom is -0.341 e. The fourth-order valence-corrected chi connectivity index (χ4v) is 2.17. The maximum Gasteiger partial charge on any atom is 0.227 e. The zero-order valence-corrected chi connectivity index (χ0v) is 11.3. The molecule has 1 atom stereocenters. The van der Waals surface area contributed by atoms with Crippen molar-refractivity contribution in [3.63, 3.8) is 0 Å². The molecule has 1 aromatic rings. The number of hydrogen-bond acceptors (Lipinski definition) is 2. The first-order chi connectivity index (χ1) is 8.56. The first kappa shape index (κ1) is 15.9. The molecule has 1 saturated heterocycles. The van der Waals surface area contributed by atoms with Crippen molar-refractivity contribution in [2.45, 2.75) is 25.3 Å². The van der Waals surface area contributed by atoms with Crippen LogP contribution in [0.1, 0.15) is 18.4 Å². The van der Waals surface area contributed by atoms with E-state index in [2.05, 4.69) is 0 Å². The monoisotopic (exact) mass is 290 g/mol. The van der Waals surface area contributed by atoms with Crippen LogP contribution in [-0.2, 0) is 11.2 Å². The van der Waals surface area contributed by atoms with Gasteiger partial charge in [0.15, 0.2) is 11.6 Å². The first-order valence-corrected chi connectivity index (χ1v) is 6.03. The van der Waals surface area contributed by atoms with Crippen molar-refractivity contribution in [2.75, 3.05) is 13.1 Å². The molecule has 1 aliphatic heterocycles. The Kier molecular flexibility index (Phi) is 5.69. The summed E-state index contributed by atoms with van der Waals surface area (Å²) in [6.45, 7) is 1.23. The van der Waals surface area contributed by atoms with E-state index in [1.165, 1.54) is 6.07 Å². The molecule has 0 radical (unpaired) electrons. The van der Waals surface area contributed by atoms with Crippen LogP contribution in [0.25, 0.3) is 0 Å². The number of piperidine rings is 1. The number of carbonyl (C=O) groups is 1. The summed E-state index contributed by atoms with van der Waals surface area (Å²) in [7, 11) is 0. The van der Waals surface area contributed by atoms with Gasteiger partial charge in [-0.2, -0.15) is 0 Å². The van der Waals surface area contributed by atoms with Gasteiger partial charge in [-0.3, -0.25) is 4.79 Å². The molecule has 0 aliphatic carbocycles. The number of carbonyl (C=O) groups excluding carboxylic acids is 1. The maximum atomic E-state index is 13.0. The fourth-order valence-electron chi connectivity index (χ4n) is 2.17. The highest BCUT2D eigenvalue weighted by atomic mass is 35.5. The summed E-state index contributed by atoms with van der Waals surface area (Å²) in [5, 5.41) is 0. The molecule has 1 heterocycles. The van der Waals surface area contributed by atoms with Crippen LogP contribution in [0.15, 0.2) is 18.2 Å². The molecule has 2 N–H and O–H groups in total. The number of rotatable bonds is 2. The normalized spacial score (nSPS) is 18.9. The highest BCUT2D eigenvalue weighted by Crippen LogP contribution is 2.13. The SMILES string of the molecule is Cl.NC1CCCN(C(=O)Cc2ccc(F)c(F)c2)C1. The van der Waals surface area contributed by atoms with Crippen LogP contribution in [-0.4, -0.2) is 29.9 Å². The lowest BCUT2D eigenvalue weighted by molar-refractivity contribution is -0.131. The van der Waals surface area contributed by atoms with Crippen molar-refractivity contribution in [1.82, 2.24) is 4.90 Å². The van der Waals surface area contributed by atoms with Gasteiger partial charge in [0, 0.05) is 19.1 Å². The van der Waals surface area contributed by atoms with Crippen molar-refractivity contribution in [1.29, 1.82) is 0 Å². The Hall–Kier alpha value is -1.20. The quantitative estimate of drug-likeness (QED) is 0.904. The molecular formula is C13H17ClF2N2O. The van der Waals surface area contributed by atoms with Crippen LogP contribution in [0.4, 0.5) is 8.78 Å². The smallest absolute Gasteiger partial charge is 0.227 e. The Morgan fingerprint density at radius 3 is 2.74 bits per heavy atom. The third kappa shape index (κ3) is 4.14. The van der Waals surface area contributed by atoms with Gasteiger partial charge in [0.05, 0.1) is 6.42 Å². The molecule has 0 bridgehead atoms. The van der Waals surface area contributed by atoms with E-state index in [0.29, 0.717) is 18.7 Å². The van der Waals surface area contributed by atoms with E-state index in [9.17, 15) is 13.6 Å². The van der Waals surface area contributed by atoms with Gasteiger partial charge in [-0.1, -0.05) is 6.07 Å². The molecule has 19 heavy (non-hydrogen) atoms. The Bertz CT molecular complexity index is 456. The highest BCUT2D eigenvalue weighted by molar-refractivity contribution is 5.85. The standard InChI is InChI=1S/C13H16F2N2O.ClH/c14-11-4-3-9(6-12(11)15)7-13(18)17-5-1-2-10(16)8-17;/h3-4,6,10H,1-2,5,7-8,16H2;1H. The third-order valence-electron chi connectivity index (χ3n) is 3.15. The van der Waals surface area contributed by atoms with Crippen LogP contribution in [0.5, 0.6) is 0 Å². The van der Waals surface area contributed by atoms with Crippen molar-refractivity contribution in [3.05, 3.63) is 35.4 Å². The minimum absolute atomic E-state index is 0. The third-order valence-corrected chi connectivity index (χ3v) is 3.15. The largest absolute Gasteiger partial charge is 0.341 e. The molecule has 0 aromatic heterocycles. The van der Waals surface area contributed by atoms with Gasteiger partial charge in [0.2, 0.25) is 5.91 Å². The number of amides is 1. The molecular weight excluding hydrogens is 274 g/mol. The molecule has 2 rings (SSSR count). The lowest BCUT2D eigenvalue weighted by Crippen LogP contribution is -2.46. The molecule has 0 spiro atoms. The van der Waals surface area contributed by atoms with Crippen LogP contribution in [0, 0.1) is 11.6 Å². The zero-order chi connectivity index (χ0) is 13.1. The second-order valence-electron chi connectivity index (χ2n) is 4.67. The van der Waals surface area contributed by atoms with E-state index in [1.54, 1.807) is 4.90 Å². The summed E-state index contributed by atoms with van der Waals surface area (Å²) < 4.78 is 25.8. The van der Waals surface area contributed by atoms with Gasteiger partial charge in [-0.05, 0) is 30.5 Å².